The molecular formula is C21H31FIN5O2. The monoisotopic (exact) mass is 531 g/mol. The predicted molar refractivity (Wildman–Crippen MR) is 127 cm³/mol. The van der Waals surface area contributed by atoms with E-state index in [9.17, 15) is 9.18 Å². The lowest BCUT2D eigenvalue weighted by Crippen LogP contribution is -2.41. The summed E-state index contributed by atoms with van der Waals surface area (Å²) in [5, 5.41) is 9.13. The van der Waals surface area contributed by atoms with Gasteiger partial charge in [-0.25, -0.2) is 14.4 Å². The Hall–Kier alpha value is -2.17. The van der Waals surface area contributed by atoms with E-state index in [1.165, 1.54) is 12.1 Å². The predicted octanol–water partition coefficient (Wildman–Crippen LogP) is 3.14. The van der Waals surface area contributed by atoms with Crippen molar-refractivity contribution in [2.45, 2.75) is 46.1 Å². The highest BCUT2D eigenvalue weighted by Gasteiger charge is 2.19. The van der Waals surface area contributed by atoms with Gasteiger partial charge in [0.15, 0.2) is 5.96 Å². The van der Waals surface area contributed by atoms with Gasteiger partial charge < -0.3 is 20.4 Å². The molecule has 1 amide bonds. The van der Waals surface area contributed by atoms with E-state index in [-0.39, 0.29) is 47.5 Å². The molecule has 0 aliphatic heterocycles. The molecule has 1 heterocycles. The highest BCUT2D eigenvalue weighted by molar-refractivity contribution is 14.0. The van der Waals surface area contributed by atoms with Crippen molar-refractivity contribution in [3.63, 3.8) is 0 Å². The van der Waals surface area contributed by atoms with E-state index in [2.05, 4.69) is 46.7 Å². The number of carbonyl (C=O) groups excluding carboxylic acids is 1. The van der Waals surface area contributed by atoms with E-state index in [1.54, 1.807) is 18.3 Å². The van der Waals surface area contributed by atoms with Gasteiger partial charge in [-0.05, 0) is 24.6 Å². The maximum atomic E-state index is 12.9. The zero-order valence-corrected chi connectivity index (χ0v) is 20.2. The molecule has 0 spiro atoms. The van der Waals surface area contributed by atoms with Crippen LogP contribution in [0, 0.1) is 5.82 Å². The molecule has 2 rings (SSSR count). The van der Waals surface area contributed by atoms with Crippen LogP contribution >= 0.6 is 24.0 Å². The molecule has 0 saturated carbocycles. The minimum Gasteiger partial charge on any atom is -0.443 e. The van der Waals surface area contributed by atoms with Crippen LogP contribution in [-0.4, -0.2) is 36.5 Å². The third-order valence-corrected chi connectivity index (χ3v) is 4.03. The maximum absolute atomic E-state index is 12.9. The Morgan fingerprint density at radius 2 is 1.80 bits per heavy atom. The molecule has 30 heavy (non-hydrogen) atoms. The number of guanidine groups is 1. The van der Waals surface area contributed by atoms with E-state index in [0.717, 1.165) is 11.3 Å². The largest absolute Gasteiger partial charge is 0.443 e. The first kappa shape index (κ1) is 25.9. The fourth-order valence-corrected chi connectivity index (χ4v) is 2.45. The molecule has 0 saturated heterocycles. The molecule has 166 valence electrons. The number of nitrogens with one attached hydrogen (secondary N) is 3. The van der Waals surface area contributed by atoms with Gasteiger partial charge in [0.1, 0.15) is 18.1 Å². The van der Waals surface area contributed by atoms with Gasteiger partial charge in [0, 0.05) is 25.0 Å². The SMILES string of the molecule is CCNC(=NCc1ncc(C(C)(C)C)o1)NCCNC(=O)Cc1ccc(F)cc1.I. The topological polar surface area (TPSA) is 91.6 Å². The molecule has 0 aliphatic rings. The number of hydrogen-bond donors (Lipinski definition) is 3. The van der Waals surface area contributed by atoms with Crippen molar-refractivity contribution in [1.29, 1.82) is 0 Å². The second kappa shape index (κ2) is 12.5. The summed E-state index contributed by atoms with van der Waals surface area (Å²) in [6.45, 7) is 10.2. The number of benzene rings is 1. The summed E-state index contributed by atoms with van der Waals surface area (Å²) in [5.41, 5.74) is 0.677. The number of nitrogens with zero attached hydrogens (tertiary/aromatic N) is 2. The molecule has 2 aromatic rings. The molecule has 0 fully saturated rings. The summed E-state index contributed by atoms with van der Waals surface area (Å²) in [6.07, 6.45) is 1.95. The van der Waals surface area contributed by atoms with Gasteiger partial charge in [0.05, 0.1) is 12.6 Å². The van der Waals surface area contributed by atoms with Gasteiger partial charge >= 0.3 is 0 Å². The van der Waals surface area contributed by atoms with Gasteiger partial charge in [-0.15, -0.1) is 24.0 Å². The number of amides is 1. The van der Waals surface area contributed by atoms with Gasteiger partial charge in [-0.3, -0.25) is 4.79 Å². The Morgan fingerprint density at radius 1 is 1.13 bits per heavy atom. The number of carbonyl (C=O) groups is 1. The molecule has 0 aliphatic carbocycles. The van der Waals surface area contributed by atoms with Gasteiger partial charge in [-0.1, -0.05) is 32.9 Å². The second-order valence-corrected chi connectivity index (χ2v) is 7.64. The van der Waals surface area contributed by atoms with Crippen molar-refractivity contribution in [1.82, 2.24) is 20.9 Å². The minimum absolute atomic E-state index is 0. The molecule has 0 unspecified atom stereocenters. The number of hydrogen-bond acceptors (Lipinski definition) is 4. The number of rotatable bonds is 8. The molecule has 0 atom stereocenters. The zero-order valence-electron chi connectivity index (χ0n) is 17.9. The van der Waals surface area contributed by atoms with Crippen LogP contribution in [0.25, 0.3) is 0 Å². The second-order valence-electron chi connectivity index (χ2n) is 7.64. The smallest absolute Gasteiger partial charge is 0.224 e. The Labute approximate surface area is 194 Å². The van der Waals surface area contributed by atoms with E-state index in [0.29, 0.717) is 38.0 Å². The van der Waals surface area contributed by atoms with Gasteiger partial charge in [0.2, 0.25) is 11.8 Å². The van der Waals surface area contributed by atoms with E-state index in [4.69, 9.17) is 4.42 Å². The van der Waals surface area contributed by atoms with Crippen LogP contribution in [0.15, 0.2) is 39.9 Å². The van der Waals surface area contributed by atoms with Crippen molar-refractivity contribution >= 4 is 35.8 Å². The molecule has 1 aromatic carbocycles. The average molecular weight is 531 g/mol. The molecule has 0 radical (unpaired) electrons. The summed E-state index contributed by atoms with van der Waals surface area (Å²) < 4.78 is 18.6. The average Bonchev–Trinajstić information content (AvgIpc) is 3.14. The molecule has 1 aromatic heterocycles. The fourth-order valence-electron chi connectivity index (χ4n) is 2.45. The number of halogens is 2. The summed E-state index contributed by atoms with van der Waals surface area (Å²) >= 11 is 0. The standard InChI is InChI=1S/C21H30FN5O2.HI/c1-5-23-20(27-14-19-26-13-17(29-19)21(2,3)4)25-11-10-24-18(28)12-15-6-8-16(22)9-7-15;/h6-9,13H,5,10-12,14H2,1-4H3,(H,24,28)(H2,23,25,27);1H. The van der Waals surface area contributed by atoms with Crippen molar-refractivity contribution in [2.75, 3.05) is 19.6 Å². The van der Waals surface area contributed by atoms with Crippen LogP contribution in [-0.2, 0) is 23.2 Å². The zero-order chi connectivity index (χ0) is 21.3. The summed E-state index contributed by atoms with van der Waals surface area (Å²) in [6, 6.07) is 5.91. The fraction of sp³-hybridized carbons (Fsp3) is 0.476. The van der Waals surface area contributed by atoms with E-state index >= 15 is 0 Å². The van der Waals surface area contributed by atoms with E-state index in [1.807, 2.05) is 6.92 Å². The minimum atomic E-state index is -0.312. The lowest BCUT2D eigenvalue weighted by atomic mass is 9.94. The van der Waals surface area contributed by atoms with Crippen LogP contribution in [0.2, 0.25) is 0 Å². The third-order valence-electron chi connectivity index (χ3n) is 4.03. The Bertz CT molecular complexity index is 816. The first-order chi connectivity index (χ1) is 13.8. The van der Waals surface area contributed by atoms with Crippen molar-refractivity contribution < 1.29 is 13.6 Å². The molecule has 3 N–H and O–H groups in total. The lowest BCUT2D eigenvalue weighted by molar-refractivity contribution is -0.120. The summed E-state index contributed by atoms with van der Waals surface area (Å²) in [7, 11) is 0. The normalized spacial score (nSPS) is 11.6. The highest BCUT2D eigenvalue weighted by atomic mass is 127. The molecule has 7 nitrogen and oxygen atoms in total. The van der Waals surface area contributed by atoms with Crippen molar-refractivity contribution in [2.24, 2.45) is 4.99 Å². The Balaban J connectivity index is 0.00000450. The van der Waals surface area contributed by atoms with Crippen LogP contribution in [0.3, 0.4) is 0 Å². The first-order valence-electron chi connectivity index (χ1n) is 9.76. The van der Waals surface area contributed by atoms with Gasteiger partial charge in [0.25, 0.3) is 0 Å². The molecular weight excluding hydrogens is 500 g/mol. The van der Waals surface area contributed by atoms with Gasteiger partial charge in [-0.2, -0.15) is 0 Å². The number of oxazole rings is 1. The summed E-state index contributed by atoms with van der Waals surface area (Å²) in [5.74, 6) is 1.57. The van der Waals surface area contributed by atoms with E-state index < -0.39 is 0 Å². The van der Waals surface area contributed by atoms with Crippen molar-refractivity contribution in [3.05, 3.63) is 53.5 Å². The quantitative estimate of drug-likeness (QED) is 0.211. The molecule has 9 heteroatoms. The summed E-state index contributed by atoms with van der Waals surface area (Å²) in [4.78, 5) is 20.7. The van der Waals surface area contributed by atoms with Crippen LogP contribution in [0.4, 0.5) is 4.39 Å². The molecule has 0 bridgehead atoms. The first-order valence-corrected chi connectivity index (χ1v) is 9.76. The number of aromatic nitrogens is 1. The number of aliphatic imine (C=N–C) groups is 1. The lowest BCUT2D eigenvalue weighted by Gasteiger charge is -2.13. The third kappa shape index (κ3) is 9.10. The van der Waals surface area contributed by atoms with Crippen molar-refractivity contribution in [3.8, 4) is 0 Å². The Kier molecular flexibility index (Phi) is 10.8. The van der Waals surface area contributed by atoms with Crippen LogP contribution < -0.4 is 16.0 Å². The Morgan fingerprint density at radius 3 is 2.40 bits per heavy atom. The van der Waals surface area contributed by atoms with Crippen LogP contribution in [0.1, 0.15) is 44.9 Å². The highest BCUT2D eigenvalue weighted by Crippen LogP contribution is 2.22. The van der Waals surface area contributed by atoms with Crippen LogP contribution in [0.5, 0.6) is 0 Å². The maximum Gasteiger partial charge on any atom is 0.224 e.